The lowest BCUT2D eigenvalue weighted by atomic mass is 10.2. The molecule has 1 aromatic rings. The number of carbonyl (C=O) groups is 1. The predicted octanol–water partition coefficient (Wildman–Crippen LogP) is -0.171. The van der Waals surface area contributed by atoms with Gasteiger partial charge in [0.05, 0.1) is 6.17 Å². The Morgan fingerprint density at radius 2 is 1.80 bits per heavy atom. The molecule has 2 unspecified atom stereocenters. The summed E-state index contributed by atoms with van der Waals surface area (Å²) in [5.41, 5.74) is 17.7. The number of nitrogens with two attached hydrogens (primary N) is 3. The molecule has 0 saturated heterocycles. The molecule has 82 valence electrons. The molecule has 0 heterocycles. The van der Waals surface area contributed by atoms with Crippen molar-refractivity contribution in [3.63, 3.8) is 0 Å². The van der Waals surface area contributed by atoms with Gasteiger partial charge in [-0.2, -0.15) is 0 Å². The van der Waals surface area contributed by atoms with Crippen molar-refractivity contribution in [2.45, 2.75) is 19.1 Å². The summed E-state index contributed by atoms with van der Waals surface area (Å²) >= 11 is 0. The average Bonchev–Trinajstić information content (AvgIpc) is 2.18. The van der Waals surface area contributed by atoms with Crippen molar-refractivity contribution in [2.24, 2.45) is 17.2 Å². The molecule has 0 aliphatic rings. The Kier molecular flexibility index (Phi) is 3.65. The van der Waals surface area contributed by atoms with E-state index in [1.54, 1.807) is 24.3 Å². The molecule has 15 heavy (non-hydrogen) atoms. The minimum absolute atomic E-state index is 0.152. The molecule has 7 N–H and O–H groups in total. The molecule has 1 aromatic carbocycles. The SMILES string of the molecule is CC(N)C(N)Nc1ccc(C(N)=O)cc1. The van der Waals surface area contributed by atoms with E-state index in [-0.39, 0.29) is 12.2 Å². The molecule has 0 saturated carbocycles. The summed E-state index contributed by atoms with van der Waals surface area (Å²) in [7, 11) is 0. The highest BCUT2D eigenvalue weighted by molar-refractivity contribution is 5.93. The number of hydrogen-bond acceptors (Lipinski definition) is 4. The fraction of sp³-hybridized carbons (Fsp3) is 0.300. The summed E-state index contributed by atoms with van der Waals surface area (Å²) in [5, 5.41) is 3.01. The first-order chi connectivity index (χ1) is 7.00. The fourth-order valence-corrected chi connectivity index (χ4v) is 1.05. The maximum atomic E-state index is 10.8. The van der Waals surface area contributed by atoms with Crippen molar-refractivity contribution < 1.29 is 4.79 Å². The molecular formula is C10H16N4O. The second-order valence-electron chi connectivity index (χ2n) is 3.47. The molecule has 1 amide bonds. The van der Waals surface area contributed by atoms with Crippen LogP contribution in [0.1, 0.15) is 17.3 Å². The summed E-state index contributed by atoms with van der Waals surface area (Å²) in [6.07, 6.45) is -0.315. The van der Waals surface area contributed by atoms with Gasteiger partial charge in [-0.05, 0) is 31.2 Å². The lowest BCUT2D eigenvalue weighted by Crippen LogP contribution is -2.44. The highest BCUT2D eigenvalue weighted by Gasteiger charge is 2.07. The van der Waals surface area contributed by atoms with Crippen LogP contribution in [0.2, 0.25) is 0 Å². The van der Waals surface area contributed by atoms with Crippen molar-refractivity contribution >= 4 is 11.6 Å². The van der Waals surface area contributed by atoms with Crippen molar-refractivity contribution in [1.29, 1.82) is 0 Å². The van der Waals surface area contributed by atoms with Crippen molar-refractivity contribution in [3.05, 3.63) is 29.8 Å². The third-order valence-electron chi connectivity index (χ3n) is 2.07. The van der Waals surface area contributed by atoms with Crippen LogP contribution in [0.3, 0.4) is 0 Å². The zero-order valence-electron chi connectivity index (χ0n) is 8.60. The van der Waals surface area contributed by atoms with Gasteiger partial charge in [0.2, 0.25) is 5.91 Å². The Hall–Kier alpha value is -1.59. The third kappa shape index (κ3) is 3.23. The molecule has 0 radical (unpaired) electrons. The van der Waals surface area contributed by atoms with Gasteiger partial charge in [0.1, 0.15) is 0 Å². The molecule has 5 heteroatoms. The van der Waals surface area contributed by atoms with E-state index in [9.17, 15) is 4.79 Å². The highest BCUT2D eigenvalue weighted by Crippen LogP contribution is 2.09. The maximum Gasteiger partial charge on any atom is 0.248 e. The van der Waals surface area contributed by atoms with Gasteiger partial charge in [0, 0.05) is 17.3 Å². The zero-order chi connectivity index (χ0) is 11.4. The Morgan fingerprint density at radius 1 is 1.27 bits per heavy atom. The molecule has 1 rings (SSSR count). The predicted molar refractivity (Wildman–Crippen MR) is 60.2 cm³/mol. The van der Waals surface area contributed by atoms with Crippen LogP contribution in [0.4, 0.5) is 5.69 Å². The van der Waals surface area contributed by atoms with Crippen molar-refractivity contribution in [1.82, 2.24) is 0 Å². The molecule has 0 bridgehead atoms. The van der Waals surface area contributed by atoms with Crippen molar-refractivity contribution in [2.75, 3.05) is 5.32 Å². The van der Waals surface area contributed by atoms with Crippen LogP contribution >= 0.6 is 0 Å². The number of carbonyl (C=O) groups excluding carboxylic acids is 1. The number of rotatable bonds is 4. The van der Waals surface area contributed by atoms with Crippen LogP contribution in [0.5, 0.6) is 0 Å². The van der Waals surface area contributed by atoms with Crippen LogP contribution in [0.15, 0.2) is 24.3 Å². The van der Waals surface area contributed by atoms with Gasteiger partial charge in [0.25, 0.3) is 0 Å². The van der Waals surface area contributed by atoms with E-state index in [4.69, 9.17) is 17.2 Å². The van der Waals surface area contributed by atoms with E-state index >= 15 is 0 Å². The Bertz CT molecular complexity index is 334. The third-order valence-corrected chi connectivity index (χ3v) is 2.07. The van der Waals surface area contributed by atoms with E-state index < -0.39 is 5.91 Å². The summed E-state index contributed by atoms with van der Waals surface area (Å²) < 4.78 is 0. The molecule has 0 aliphatic heterocycles. The minimum atomic E-state index is -0.446. The van der Waals surface area contributed by atoms with Crippen LogP contribution in [0, 0.1) is 0 Å². The lowest BCUT2D eigenvalue weighted by molar-refractivity contribution is 0.100. The topological polar surface area (TPSA) is 107 Å². The lowest BCUT2D eigenvalue weighted by Gasteiger charge is -2.18. The molecule has 0 aliphatic carbocycles. The zero-order valence-corrected chi connectivity index (χ0v) is 8.60. The molecule has 2 atom stereocenters. The molecule has 0 spiro atoms. The number of benzene rings is 1. The Balaban J connectivity index is 2.68. The number of nitrogens with one attached hydrogen (secondary N) is 1. The summed E-state index contributed by atoms with van der Waals surface area (Å²) in [6.45, 7) is 1.81. The molecule has 0 aromatic heterocycles. The largest absolute Gasteiger partial charge is 0.369 e. The van der Waals surface area contributed by atoms with Gasteiger partial charge < -0.3 is 22.5 Å². The van der Waals surface area contributed by atoms with Crippen molar-refractivity contribution in [3.8, 4) is 0 Å². The maximum absolute atomic E-state index is 10.8. The van der Waals surface area contributed by atoms with Gasteiger partial charge in [-0.15, -0.1) is 0 Å². The normalized spacial score (nSPS) is 14.3. The summed E-state index contributed by atoms with van der Waals surface area (Å²) in [5.74, 6) is -0.446. The number of hydrogen-bond donors (Lipinski definition) is 4. The summed E-state index contributed by atoms with van der Waals surface area (Å²) in [4.78, 5) is 10.8. The van der Waals surface area contributed by atoms with Gasteiger partial charge in [-0.3, -0.25) is 4.79 Å². The van der Waals surface area contributed by atoms with Crippen LogP contribution in [-0.2, 0) is 0 Å². The average molecular weight is 208 g/mol. The molecule has 0 fully saturated rings. The molecular weight excluding hydrogens is 192 g/mol. The standard InChI is InChI=1S/C10H16N4O/c1-6(11)9(12)14-8-4-2-7(3-5-8)10(13)15/h2-6,9,14H,11-12H2,1H3,(H2,13,15). The number of anilines is 1. The van der Waals surface area contributed by atoms with Gasteiger partial charge >= 0.3 is 0 Å². The number of primary amides is 1. The van der Waals surface area contributed by atoms with E-state index in [2.05, 4.69) is 5.32 Å². The second-order valence-corrected chi connectivity index (χ2v) is 3.47. The van der Waals surface area contributed by atoms with Gasteiger partial charge in [-0.25, -0.2) is 0 Å². The van der Waals surface area contributed by atoms with Crippen LogP contribution in [0.25, 0.3) is 0 Å². The monoisotopic (exact) mass is 208 g/mol. The highest BCUT2D eigenvalue weighted by atomic mass is 16.1. The fourth-order valence-electron chi connectivity index (χ4n) is 1.05. The van der Waals surface area contributed by atoms with Gasteiger partial charge in [0.15, 0.2) is 0 Å². The smallest absolute Gasteiger partial charge is 0.248 e. The van der Waals surface area contributed by atoms with E-state index in [0.29, 0.717) is 5.56 Å². The first-order valence-corrected chi connectivity index (χ1v) is 4.68. The Labute approximate surface area is 88.6 Å². The minimum Gasteiger partial charge on any atom is -0.369 e. The molecule has 5 nitrogen and oxygen atoms in total. The number of amides is 1. The quantitative estimate of drug-likeness (QED) is 0.515. The van der Waals surface area contributed by atoms with E-state index in [0.717, 1.165) is 5.69 Å². The van der Waals surface area contributed by atoms with E-state index in [1.165, 1.54) is 0 Å². The van der Waals surface area contributed by atoms with Crippen LogP contribution in [-0.4, -0.2) is 18.1 Å². The second kappa shape index (κ2) is 4.77. The Morgan fingerprint density at radius 3 is 2.20 bits per heavy atom. The van der Waals surface area contributed by atoms with Gasteiger partial charge in [-0.1, -0.05) is 0 Å². The first-order valence-electron chi connectivity index (χ1n) is 4.68. The van der Waals surface area contributed by atoms with Crippen LogP contribution < -0.4 is 22.5 Å². The first kappa shape index (κ1) is 11.5. The van der Waals surface area contributed by atoms with E-state index in [1.807, 2.05) is 6.92 Å². The summed E-state index contributed by atoms with van der Waals surface area (Å²) in [6, 6.07) is 6.60.